The maximum absolute atomic E-state index is 12.6. The summed E-state index contributed by atoms with van der Waals surface area (Å²) in [5.74, 6) is 2.01. The summed E-state index contributed by atoms with van der Waals surface area (Å²) in [6.45, 7) is 14.9. The smallest absolute Gasteiger partial charge is 0.236 e. The quantitative estimate of drug-likeness (QED) is 0.386. The van der Waals surface area contributed by atoms with E-state index in [0.29, 0.717) is 36.2 Å². The summed E-state index contributed by atoms with van der Waals surface area (Å²) in [6.07, 6.45) is 7.36. The second-order valence-electron chi connectivity index (χ2n) is 11.8. The number of H-pyrrole nitrogens is 1. The number of amides is 1. The molecule has 3 aliphatic rings. The maximum atomic E-state index is 12.6. The van der Waals surface area contributed by atoms with Crippen LogP contribution in [0.1, 0.15) is 72.1 Å². The van der Waals surface area contributed by atoms with Gasteiger partial charge in [-0.3, -0.25) is 9.69 Å². The van der Waals surface area contributed by atoms with E-state index in [1.807, 2.05) is 20.8 Å². The number of aromatic amines is 1. The average Bonchev–Trinajstić information content (AvgIpc) is 3.62. The molecule has 0 radical (unpaired) electrons. The Kier molecular flexibility index (Phi) is 5.31. The summed E-state index contributed by atoms with van der Waals surface area (Å²) >= 11 is 1.97. The summed E-state index contributed by atoms with van der Waals surface area (Å²) in [5, 5.41) is 5.86. The van der Waals surface area contributed by atoms with Gasteiger partial charge in [0.05, 0.1) is 12.2 Å². The Morgan fingerprint density at radius 1 is 1.16 bits per heavy atom. The van der Waals surface area contributed by atoms with E-state index in [1.54, 1.807) is 11.2 Å². The van der Waals surface area contributed by atoms with Gasteiger partial charge in [0.2, 0.25) is 5.91 Å². The monoisotopic (exact) mass is 516 g/mol. The summed E-state index contributed by atoms with van der Waals surface area (Å²) < 4.78 is 1.91. The number of thiophene rings is 1. The Labute approximate surface area is 221 Å². The maximum Gasteiger partial charge on any atom is 0.236 e. The van der Waals surface area contributed by atoms with Crippen LogP contribution in [0.3, 0.4) is 0 Å². The lowest BCUT2D eigenvalue weighted by atomic mass is 9.88. The molecule has 4 aromatic heterocycles. The number of fused-ring (bicyclic) bond motifs is 4. The third kappa shape index (κ3) is 3.44. The molecule has 1 saturated carbocycles. The van der Waals surface area contributed by atoms with Gasteiger partial charge in [-0.2, -0.15) is 5.10 Å². The molecule has 2 unspecified atom stereocenters. The van der Waals surface area contributed by atoms with Gasteiger partial charge in [0.15, 0.2) is 5.65 Å². The lowest BCUT2D eigenvalue weighted by molar-refractivity contribution is -0.136. The van der Waals surface area contributed by atoms with Crippen LogP contribution in [0.25, 0.3) is 27.1 Å². The number of hydrogen-bond acceptors (Lipinski definition) is 5. The topological polar surface area (TPSA) is 69.5 Å². The van der Waals surface area contributed by atoms with E-state index in [-0.39, 0.29) is 0 Å². The van der Waals surface area contributed by atoms with Gasteiger partial charge in [0, 0.05) is 47.7 Å². The van der Waals surface area contributed by atoms with Gasteiger partial charge >= 0.3 is 0 Å². The van der Waals surface area contributed by atoms with Crippen LogP contribution in [0.5, 0.6) is 0 Å². The van der Waals surface area contributed by atoms with E-state index in [4.69, 9.17) is 0 Å². The molecule has 1 aliphatic carbocycles. The summed E-state index contributed by atoms with van der Waals surface area (Å²) in [6, 6.07) is 0.556. The fourth-order valence-corrected chi connectivity index (χ4v) is 8.68. The average molecular weight is 517 g/mol. The van der Waals surface area contributed by atoms with Crippen LogP contribution >= 0.6 is 11.3 Å². The number of nitrogens with one attached hydrogen (secondary N) is 1. The minimum absolute atomic E-state index is 0.333. The number of likely N-dealkylation sites (tertiary alicyclic amines) is 2. The highest BCUT2D eigenvalue weighted by atomic mass is 32.1. The highest BCUT2D eigenvalue weighted by molar-refractivity contribution is 7.19. The van der Waals surface area contributed by atoms with Crippen molar-refractivity contribution in [1.29, 1.82) is 0 Å². The molecule has 2 saturated heterocycles. The van der Waals surface area contributed by atoms with Crippen LogP contribution in [0, 0.1) is 26.7 Å². The van der Waals surface area contributed by atoms with Crippen LogP contribution in [0.15, 0.2) is 12.5 Å². The molecule has 2 bridgehead atoms. The fourth-order valence-electron chi connectivity index (χ4n) is 7.25. The number of pyridine rings is 1. The molecule has 37 heavy (non-hydrogen) atoms. The first kappa shape index (κ1) is 23.4. The summed E-state index contributed by atoms with van der Waals surface area (Å²) in [4.78, 5) is 28.2. The predicted octanol–water partition coefficient (Wildman–Crippen LogP) is 5.40. The van der Waals surface area contributed by atoms with Gasteiger partial charge in [-0.1, -0.05) is 13.8 Å². The van der Waals surface area contributed by atoms with Crippen LogP contribution in [-0.2, 0) is 4.79 Å². The molecular formula is C29H36N6OS. The number of nitrogens with zero attached hydrogens (tertiary/aromatic N) is 5. The van der Waals surface area contributed by atoms with Crippen molar-refractivity contribution < 1.29 is 4.79 Å². The second-order valence-corrected chi connectivity index (χ2v) is 12.9. The third-order valence-electron chi connectivity index (χ3n) is 9.47. The Bertz CT molecular complexity index is 1540. The molecule has 2 aliphatic heterocycles. The molecule has 8 heteroatoms. The van der Waals surface area contributed by atoms with Crippen molar-refractivity contribution >= 4 is 33.1 Å². The van der Waals surface area contributed by atoms with Crippen molar-refractivity contribution in [3.05, 3.63) is 39.7 Å². The molecule has 7 nitrogen and oxygen atoms in total. The molecule has 4 aromatic rings. The number of aromatic nitrogens is 4. The molecule has 0 spiro atoms. The van der Waals surface area contributed by atoms with Gasteiger partial charge in [-0.15, -0.1) is 11.3 Å². The molecule has 0 aromatic carbocycles. The van der Waals surface area contributed by atoms with E-state index in [2.05, 4.69) is 60.8 Å². The van der Waals surface area contributed by atoms with Gasteiger partial charge in [-0.05, 0) is 80.0 Å². The molecule has 1 amide bonds. The number of carbonyl (C=O) groups is 1. The highest BCUT2D eigenvalue weighted by Crippen LogP contribution is 2.53. The first-order valence-electron chi connectivity index (χ1n) is 13.8. The number of rotatable bonds is 5. The van der Waals surface area contributed by atoms with Crippen LogP contribution in [0.2, 0.25) is 0 Å². The molecule has 7 rings (SSSR count). The Morgan fingerprint density at radius 2 is 1.97 bits per heavy atom. The van der Waals surface area contributed by atoms with E-state index in [9.17, 15) is 4.79 Å². The summed E-state index contributed by atoms with van der Waals surface area (Å²) in [5.41, 5.74) is 8.69. The highest BCUT2D eigenvalue weighted by Gasteiger charge is 2.47. The standard InChI is InChI=1S/C29H36N6OS/c1-15(2)24-25-18(5)27(21-10-20-9-19(21)11-34(20)13-23(36)33-7-6-8-33)37-29(25)32-26(24)22-12-35-28(30-14-31-35)17(4)16(22)3/h12,14-15,19-21,32H,6-11,13H2,1-5H3/t19?,20?,21-/m1/s1. The third-order valence-corrected chi connectivity index (χ3v) is 10.8. The zero-order chi connectivity index (χ0) is 25.6. The first-order valence-corrected chi connectivity index (χ1v) is 14.6. The normalized spacial score (nSPS) is 23.7. The minimum Gasteiger partial charge on any atom is -0.346 e. The SMILES string of the molecule is Cc1c(-c2[nH]c3sc([C@@H]4CC5CC4CN5CC(=O)N4CCC4)c(C)c3c2C(C)C)cn2ncnc2c1C. The van der Waals surface area contributed by atoms with Gasteiger partial charge in [0.25, 0.3) is 0 Å². The molecule has 3 atom stereocenters. The van der Waals surface area contributed by atoms with Crippen LogP contribution in [0.4, 0.5) is 0 Å². The van der Waals surface area contributed by atoms with Crippen LogP contribution in [-0.4, -0.2) is 67.5 Å². The Balaban J connectivity index is 1.22. The summed E-state index contributed by atoms with van der Waals surface area (Å²) in [7, 11) is 0. The van der Waals surface area contributed by atoms with E-state index in [0.717, 1.165) is 25.3 Å². The van der Waals surface area contributed by atoms with Crippen molar-refractivity contribution in [3.8, 4) is 11.3 Å². The molecular weight excluding hydrogens is 480 g/mol. The number of hydrogen-bond donors (Lipinski definition) is 1. The molecule has 3 fully saturated rings. The zero-order valence-electron chi connectivity index (χ0n) is 22.5. The number of aryl methyl sites for hydroxylation is 2. The van der Waals surface area contributed by atoms with Gasteiger partial charge in [0.1, 0.15) is 11.2 Å². The largest absolute Gasteiger partial charge is 0.346 e. The Hall–Kier alpha value is -2.71. The lowest BCUT2D eigenvalue weighted by Crippen LogP contribution is -2.49. The molecule has 6 heterocycles. The lowest BCUT2D eigenvalue weighted by Gasteiger charge is -2.35. The van der Waals surface area contributed by atoms with Gasteiger partial charge < -0.3 is 9.88 Å². The van der Waals surface area contributed by atoms with E-state index >= 15 is 0 Å². The number of piperidine rings is 1. The van der Waals surface area contributed by atoms with Crippen molar-refractivity contribution in [2.45, 2.75) is 71.8 Å². The second kappa shape index (κ2) is 8.40. The van der Waals surface area contributed by atoms with E-state index < -0.39 is 0 Å². The van der Waals surface area contributed by atoms with E-state index in [1.165, 1.54) is 63.0 Å². The predicted molar refractivity (Wildman–Crippen MR) is 148 cm³/mol. The van der Waals surface area contributed by atoms with Crippen molar-refractivity contribution in [3.63, 3.8) is 0 Å². The zero-order valence-corrected chi connectivity index (χ0v) is 23.3. The van der Waals surface area contributed by atoms with Crippen LogP contribution < -0.4 is 0 Å². The van der Waals surface area contributed by atoms with Crippen molar-refractivity contribution in [2.24, 2.45) is 5.92 Å². The van der Waals surface area contributed by atoms with Crippen molar-refractivity contribution in [1.82, 2.24) is 29.4 Å². The minimum atomic E-state index is 0.333. The number of carbonyl (C=O) groups excluding carboxylic acids is 1. The Morgan fingerprint density at radius 3 is 2.65 bits per heavy atom. The first-order chi connectivity index (χ1) is 17.8. The van der Waals surface area contributed by atoms with Crippen molar-refractivity contribution in [2.75, 3.05) is 26.2 Å². The molecule has 1 N–H and O–H groups in total. The van der Waals surface area contributed by atoms with Gasteiger partial charge in [-0.25, -0.2) is 9.50 Å². The fraction of sp³-hybridized carbons (Fsp3) is 0.552. The molecule has 194 valence electrons.